The molecule has 4 aromatic rings. The van der Waals surface area contributed by atoms with Gasteiger partial charge >= 0.3 is 6.18 Å². The number of pyridine rings is 1. The lowest BCUT2D eigenvalue weighted by atomic mass is 9.97. The normalized spacial score (nSPS) is 11.2. The number of halogens is 3. The predicted octanol–water partition coefficient (Wildman–Crippen LogP) is 6.10. The highest BCUT2D eigenvalue weighted by molar-refractivity contribution is 5.95. The highest BCUT2D eigenvalue weighted by Crippen LogP contribution is 2.35. The lowest BCUT2D eigenvalue weighted by molar-refractivity contribution is -0.137. The average Bonchev–Trinajstić information content (AvgIpc) is 2.90. The Bertz CT molecular complexity index is 1650. The zero-order chi connectivity index (χ0) is 27.6. The molecular weight excluding hydrogens is 491 g/mol. The van der Waals surface area contributed by atoms with Crippen LogP contribution in [0.3, 0.4) is 0 Å². The summed E-state index contributed by atoms with van der Waals surface area (Å²) in [7, 11) is 1.52. The second-order valence-electron chi connectivity index (χ2n) is 8.99. The number of aryl methyl sites for hydroxylation is 2. The third-order valence-corrected chi connectivity index (χ3v) is 6.39. The maximum atomic E-state index is 13.9. The van der Waals surface area contributed by atoms with Crippen LogP contribution in [0.5, 0.6) is 0 Å². The van der Waals surface area contributed by atoms with Crippen molar-refractivity contribution in [3.05, 3.63) is 117 Å². The van der Waals surface area contributed by atoms with E-state index in [1.807, 2.05) is 32.0 Å². The molecule has 0 saturated carbocycles. The van der Waals surface area contributed by atoms with Gasteiger partial charge in [0.25, 0.3) is 11.5 Å². The standard InChI is InChI=1S/C30H24F3N3O2/c1-18-10-11-24(19(2)12-18)17-36-27(15-26(30(31,32)33)25(16-34)29(36)38)22-8-4-6-20(13-22)21-7-5-9-23(14-21)28(37)35-3/h4-15H,17H2,1-3H3,(H,35,37). The van der Waals surface area contributed by atoms with Crippen molar-refractivity contribution in [2.45, 2.75) is 26.6 Å². The molecule has 0 bridgehead atoms. The van der Waals surface area contributed by atoms with Gasteiger partial charge in [0, 0.05) is 12.6 Å². The van der Waals surface area contributed by atoms with Gasteiger partial charge in [-0.25, -0.2) is 0 Å². The topological polar surface area (TPSA) is 74.9 Å². The first-order valence-electron chi connectivity index (χ1n) is 11.8. The number of hydrogen-bond donors (Lipinski definition) is 1. The zero-order valence-electron chi connectivity index (χ0n) is 21.0. The van der Waals surface area contributed by atoms with Crippen LogP contribution in [-0.2, 0) is 12.7 Å². The molecule has 192 valence electrons. The Kier molecular flexibility index (Phi) is 7.22. The van der Waals surface area contributed by atoms with Crippen molar-refractivity contribution >= 4 is 5.91 Å². The molecule has 0 radical (unpaired) electrons. The smallest absolute Gasteiger partial charge is 0.355 e. The van der Waals surface area contributed by atoms with Gasteiger partial charge in [-0.2, -0.15) is 18.4 Å². The van der Waals surface area contributed by atoms with E-state index >= 15 is 0 Å². The van der Waals surface area contributed by atoms with Gasteiger partial charge < -0.3 is 9.88 Å². The molecule has 1 amide bonds. The summed E-state index contributed by atoms with van der Waals surface area (Å²) in [5.74, 6) is -0.271. The second kappa shape index (κ2) is 10.4. The summed E-state index contributed by atoms with van der Waals surface area (Å²) in [5, 5.41) is 12.1. The molecule has 0 unspecified atom stereocenters. The first-order chi connectivity index (χ1) is 18.0. The van der Waals surface area contributed by atoms with Crippen LogP contribution in [0, 0.1) is 25.2 Å². The fraction of sp³-hybridized carbons (Fsp3) is 0.167. The molecular formula is C30H24F3N3O2. The number of amides is 1. The Morgan fingerprint density at radius 3 is 2.24 bits per heavy atom. The van der Waals surface area contributed by atoms with E-state index in [1.165, 1.54) is 17.7 Å². The van der Waals surface area contributed by atoms with E-state index < -0.39 is 22.9 Å². The third-order valence-electron chi connectivity index (χ3n) is 6.39. The molecule has 0 aliphatic heterocycles. The van der Waals surface area contributed by atoms with E-state index in [0.29, 0.717) is 22.3 Å². The third kappa shape index (κ3) is 5.23. The Balaban J connectivity index is 1.95. The van der Waals surface area contributed by atoms with Crippen LogP contribution in [0.1, 0.15) is 38.2 Å². The summed E-state index contributed by atoms with van der Waals surface area (Å²) in [6.07, 6.45) is -4.89. The molecule has 0 saturated heterocycles. The highest BCUT2D eigenvalue weighted by atomic mass is 19.4. The summed E-state index contributed by atoms with van der Waals surface area (Å²) >= 11 is 0. The number of nitriles is 1. The number of nitrogens with zero attached hydrogens (tertiary/aromatic N) is 2. The molecule has 0 atom stereocenters. The van der Waals surface area contributed by atoms with E-state index in [4.69, 9.17) is 0 Å². The van der Waals surface area contributed by atoms with E-state index in [1.54, 1.807) is 48.5 Å². The fourth-order valence-electron chi connectivity index (χ4n) is 4.41. The second-order valence-corrected chi connectivity index (χ2v) is 8.99. The Hall–Kier alpha value is -4.64. The van der Waals surface area contributed by atoms with Crippen LogP contribution < -0.4 is 10.9 Å². The summed E-state index contributed by atoms with van der Waals surface area (Å²) in [4.78, 5) is 25.4. The van der Waals surface area contributed by atoms with Crippen molar-refractivity contribution in [2.75, 3.05) is 7.05 Å². The van der Waals surface area contributed by atoms with Crippen LogP contribution in [-0.4, -0.2) is 17.5 Å². The Morgan fingerprint density at radius 1 is 0.947 bits per heavy atom. The van der Waals surface area contributed by atoms with Crippen molar-refractivity contribution in [3.8, 4) is 28.5 Å². The van der Waals surface area contributed by atoms with Gasteiger partial charge in [0.15, 0.2) is 0 Å². The van der Waals surface area contributed by atoms with Crippen LogP contribution in [0.15, 0.2) is 77.6 Å². The number of carbonyl (C=O) groups is 1. The molecule has 0 aliphatic rings. The molecule has 0 aliphatic carbocycles. The van der Waals surface area contributed by atoms with E-state index in [-0.39, 0.29) is 18.1 Å². The van der Waals surface area contributed by atoms with Crippen molar-refractivity contribution in [3.63, 3.8) is 0 Å². The molecule has 1 heterocycles. The molecule has 1 N–H and O–H groups in total. The quantitative estimate of drug-likeness (QED) is 0.349. The molecule has 8 heteroatoms. The minimum Gasteiger partial charge on any atom is -0.355 e. The predicted molar refractivity (Wildman–Crippen MR) is 140 cm³/mol. The van der Waals surface area contributed by atoms with Gasteiger partial charge in [-0.15, -0.1) is 0 Å². The number of rotatable bonds is 5. The van der Waals surface area contributed by atoms with Crippen molar-refractivity contribution in [1.82, 2.24) is 9.88 Å². The number of carbonyl (C=O) groups excluding carboxylic acids is 1. The summed E-state index contributed by atoms with van der Waals surface area (Å²) in [6, 6.07) is 21.5. The average molecular weight is 516 g/mol. The Morgan fingerprint density at radius 2 is 1.61 bits per heavy atom. The molecule has 1 aromatic heterocycles. The number of aromatic nitrogens is 1. The van der Waals surface area contributed by atoms with Gasteiger partial charge in [-0.1, -0.05) is 54.1 Å². The molecule has 0 spiro atoms. The van der Waals surface area contributed by atoms with E-state index in [9.17, 15) is 28.0 Å². The largest absolute Gasteiger partial charge is 0.417 e. The van der Waals surface area contributed by atoms with Crippen molar-refractivity contribution in [2.24, 2.45) is 0 Å². The summed E-state index contributed by atoms with van der Waals surface area (Å²) < 4.78 is 43.0. The first kappa shape index (κ1) is 26.4. The van der Waals surface area contributed by atoms with Gasteiger partial charge in [0.1, 0.15) is 11.6 Å². The van der Waals surface area contributed by atoms with Crippen LogP contribution in [0.2, 0.25) is 0 Å². The molecule has 0 fully saturated rings. The van der Waals surface area contributed by atoms with Gasteiger partial charge in [-0.05, 0) is 65.9 Å². The van der Waals surface area contributed by atoms with Crippen molar-refractivity contribution < 1.29 is 18.0 Å². The van der Waals surface area contributed by atoms with Gasteiger partial charge in [-0.3, -0.25) is 9.59 Å². The minimum absolute atomic E-state index is 0.0104. The summed E-state index contributed by atoms with van der Waals surface area (Å²) in [6.45, 7) is 3.77. The Labute approximate surface area is 217 Å². The van der Waals surface area contributed by atoms with Gasteiger partial charge in [0.05, 0.1) is 17.8 Å². The highest BCUT2D eigenvalue weighted by Gasteiger charge is 2.36. The maximum absolute atomic E-state index is 13.9. The molecule has 3 aromatic carbocycles. The first-order valence-corrected chi connectivity index (χ1v) is 11.8. The number of alkyl halides is 3. The van der Waals surface area contributed by atoms with E-state index in [0.717, 1.165) is 22.8 Å². The molecule has 5 nitrogen and oxygen atoms in total. The SMILES string of the molecule is CNC(=O)c1cccc(-c2cccc(-c3cc(C(F)(F)F)c(C#N)c(=O)n3Cc3ccc(C)cc3C)c2)c1. The zero-order valence-corrected chi connectivity index (χ0v) is 21.0. The minimum atomic E-state index is -4.89. The number of hydrogen-bond acceptors (Lipinski definition) is 3. The lowest BCUT2D eigenvalue weighted by Gasteiger charge is -2.19. The fourth-order valence-corrected chi connectivity index (χ4v) is 4.41. The molecule has 38 heavy (non-hydrogen) atoms. The molecule has 4 rings (SSSR count). The van der Waals surface area contributed by atoms with Crippen LogP contribution in [0.4, 0.5) is 13.2 Å². The summed E-state index contributed by atoms with van der Waals surface area (Å²) in [5.41, 5.74) is 1.56. The van der Waals surface area contributed by atoms with Crippen molar-refractivity contribution in [1.29, 1.82) is 5.26 Å². The van der Waals surface area contributed by atoms with E-state index in [2.05, 4.69) is 5.32 Å². The van der Waals surface area contributed by atoms with Crippen LogP contribution >= 0.6 is 0 Å². The lowest BCUT2D eigenvalue weighted by Crippen LogP contribution is -2.29. The number of nitrogens with one attached hydrogen (secondary N) is 1. The maximum Gasteiger partial charge on any atom is 0.417 e. The van der Waals surface area contributed by atoms with Gasteiger partial charge in [0.2, 0.25) is 0 Å². The number of benzene rings is 3. The van der Waals surface area contributed by atoms with Crippen LogP contribution in [0.25, 0.3) is 22.4 Å². The monoisotopic (exact) mass is 515 g/mol.